The highest BCUT2D eigenvalue weighted by atomic mass is 32.1. The number of nitrogens with zero attached hydrogens (tertiary/aromatic N) is 1. The number of benzene rings is 1. The largest absolute Gasteiger partial charge is 0.389 e. The predicted octanol–water partition coefficient (Wildman–Crippen LogP) is 2.74. The quantitative estimate of drug-likeness (QED) is 0.838. The first kappa shape index (κ1) is 12.4. The molecule has 0 aliphatic heterocycles. The lowest BCUT2D eigenvalue weighted by molar-refractivity contribution is 0.586. The summed E-state index contributed by atoms with van der Waals surface area (Å²) in [5.74, 6) is -0.953. The van der Waals surface area contributed by atoms with Crippen LogP contribution in [0.15, 0.2) is 36.5 Å². The van der Waals surface area contributed by atoms with Gasteiger partial charge in [0.2, 0.25) is 0 Å². The SMILES string of the molecule is NC(=S)c1ccnc(Nc2ccc(F)cc2F)c1. The van der Waals surface area contributed by atoms with Crippen molar-refractivity contribution >= 4 is 28.7 Å². The number of thiocarbonyl (C=S) groups is 1. The lowest BCUT2D eigenvalue weighted by Gasteiger charge is -2.07. The molecule has 0 saturated heterocycles. The fraction of sp³-hybridized carbons (Fsp3) is 0. The maximum atomic E-state index is 13.4. The molecule has 18 heavy (non-hydrogen) atoms. The molecule has 0 atom stereocenters. The van der Waals surface area contributed by atoms with Gasteiger partial charge in [0.05, 0.1) is 5.69 Å². The Bertz CT molecular complexity index is 602. The molecule has 1 heterocycles. The summed E-state index contributed by atoms with van der Waals surface area (Å²) in [6.07, 6.45) is 1.50. The Balaban J connectivity index is 2.28. The number of rotatable bonds is 3. The first-order valence-electron chi connectivity index (χ1n) is 5.04. The number of aromatic nitrogens is 1. The molecule has 0 radical (unpaired) electrons. The fourth-order valence-electron chi connectivity index (χ4n) is 1.38. The van der Waals surface area contributed by atoms with E-state index in [1.165, 1.54) is 12.3 Å². The number of anilines is 2. The van der Waals surface area contributed by atoms with Crippen molar-refractivity contribution < 1.29 is 8.78 Å². The molecule has 6 heteroatoms. The Morgan fingerprint density at radius 2 is 2.00 bits per heavy atom. The van der Waals surface area contributed by atoms with E-state index >= 15 is 0 Å². The molecule has 1 aromatic carbocycles. The van der Waals surface area contributed by atoms with E-state index in [1.54, 1.807) is 12.1 Å². The number of nitrogens with one attached hydrogen (secondary N) is 1. The van der Waals surface area contributed by atoms with Gasteiger partial charge in [-0.15, -0.1) is 0 Å². The van der Waals surface area contributed by atoms with E-state index in [1.807, 2.05) is 0 Å². The lowest BCUT2D eigenvalue weighted by Crippen LogP contribution is -2.10. The maximum Gasteiger partial charge on any atom is 0.149 e. The molecule has 0 saturated carbocycles. The normalized spacial score (nSPS) is 10.1. The van der Waals surface area contributed by atoms with Crippen molar-refractivity contribution in [2.24, 2.45) is 5.73 Å². The standard InChI is InChI=1S/C12H9F2N3S/c13-8-1-2-10(9(14)6-8)17-11-5-7(12(15)18)3-4-16-11/h1-6H,(H2,15,18)(H,16,17). The summed E-state index contributed by atoms with van der Waals surface area (Å²) in [5, 5.41) is 2.73. The van der Waals surface area contributed by atoms with Gasteiger partial charge in [-0.25, -0.2) is 13.8 Å². The lowest BCUT2D eigenvalue weighted by atomic mass is 10.2. The molecule has 0 unspecified atom stereocenters. The van der Waals surface area contributed by atoms with E-state index in [0.717, 1.165) is 12.1 Å². The third-order valence-electron chi connectivity index (χ3n) is 2.24. The van der Waals surface area contributed by atoms with E-state index in [4.69, 9.17) is 18.0 Å². The Labute approximate surface area is 108 Å². The van der Waals surface area contributed by atoms with Crippen LogP contribution in [0.3, 0.4) is 0 Å². The van der Waals surface area contributed by atoms with Crippen LogP contribution in [-0.2, 0) is 0 Å². The van der Waals surface area contributed by atoms with Crippen LogP contribution in [0.5, 0.6) is 0 Å². The average Bonchev–Trinajstić information content (AvgIpc) is 2.33. The fourth-order valence-corrected chi connectivity index (χ4v) is 1.51. The third-order valence-corrected chi connectivity index (χ3v) is 2.47. The molecule has 92 valence electrons. The van der Waals surface area contributed by atoms with Crippen LogP contribution >= 0.6 is 12.2 Å². The topological polar surface area (TPSA) is 50.9 Å². The zero-order valence-corrected chi connectivity index (χ0v) is 9.97. The zero-order valence-electron chi connectivity index (χ0n) is 9.15. The molecule has 1 aromatic heterocycles. The third kappa shape index (κ3) is 2.78. The molecular formula is C12H9F2N3S. The maximum absolute atomic E-state index is 13.4. The number of hydrogen-bond acceptors (Lipinski definition) is 3. The Morgan fingerprint density at radius 3 is 2.67 bits per heavy atom. The monoisotopic (exact) mass is 265 g/mol. The molecule has 2 rings (SSSR count). The van der Waals surface area contributed by atoms with Crippen molar-refractivity contribution in [1.29, 1.82) is 0 Å². The minimum Gasteiger partial charge on any atom is -0.389 e. The van der Waals surface area contributed by atoms with Crippen molar-refractivity contribution in [2.75, 3.05) is 5.32 Å². The van der Waals surface area contributed by atoms with Crippen LogP contribution in [0.2, 0.25) is 0 Å². The molecule has 2 aromatic rings. The van der Waals surface area contributed by atoms with Crippen molar-refractivity contribution in [3.63, 3.8) is 0 Å². The number of hydrogen-bond donors (Lipinski definition) is 2. The van der Waals surface area contributed by atoms with E-state index in [9.17, 15) is 8.78 Å². The molecule has 0 spiro atoms. The van der Waals surface area contributed by atoms with Gasteiger partial charge in [-0.1, -0.05) is 12.2 Å². The Kier molecular flexibility index (Phi) is 3.47. The van der Waals surface area contributed by atoms with Crippen LogP contribution < -0.4 is 11.1 Å². The van der Waals surface area contributed by atoms with Gasteiger partial charge in [0.25, 0.3) is 0 Å². The summed E-state index contributed by atoms with van der Waals surface area (Å²) < 4.78 is 26.2. The second-order valence-electron chi connectivity index (χ2n) is 3.54. The van der Waals surface area contributed by atoms with Crippen molar-refractivity contribution in [2.45, 2.75) is 0 Å². The van der Waals surface area contributed by atoms with Crippen molar-refractivity contribution in [1.82, 2.24) is 4.98 Å². The van der Waals surface area contributed by atoms with Gasteiger partial charge in [-0.3, -0.25) is 0 Å². The molecule has 0 amide bonds. The highest BCUT2D eigenvalue weighted by Crippen LogP contribution is 2.19. The van der Waals surface area contributed by atoms with E-state index in [0.29, 0.717) is 11.4 Å². The summed E-state index contributed by atoms with van der Waals surface area (Å²) in [4.78, 5) is 4.22. The van der Waals surface area contributed by atoms with Crippen LogP contribution in [0.4, 0.5) is 20.3 Å². The Hall–Kier alpha value is -2.08. The summed E-state index contributed by atoms with van der Waals surface area (Å²) in [6, 6.07) is 6.47. The summed E-state index contributed by atoms with van der Waals surface area (Å²) in [7, 11) is 0. The zero-order chi connectivity index (χ0) is 13.1. The molecule has 3 N–H and O–H groups in total. The molecule has 3 nitrogen and oxygen atoms in total. The van der Waals surface area contributed by atoms with Crippen molar-refractivity contribution in [3.05, 3.63) is 53.7 Å². The van der Waals surface area contributed by atoms with E-state index in [2.05, 4.69) is 10.3 Å². The molecular weight excluding hydrogens is 256 g/mol. The first-order chi connectivity index (χ1) is 8.56. The van der Waals surface area contributed by atoms with Gasteiger partial charge in [0.15, 0.2) is 0 Å². The van der Waals surface area contributed by atoms with Crippen LogP contribution in [-0.4, -0.2) is 9.97 Å². The predicted molar refractivity (Wildman–Crippen MR) is 69.8 cm³/mol. The number of halogens is 2. The second-order valence-corrected chi connectivity index (χ2v) is 3.98. The molecule has 0 aliphatic carbocycles. The second kappa shape index (κ2) is 5.05. The van der Waals surface area contributed by atoms with Crippen LogP contribution in [0.25, 0.3) is 0 Å². The minimum atomic E-state index is -0.697. The Morgan fingerprint density at radius 1 is 1.22 bits per heavy atom. The minimum absolute atomic E-state index is 0.129. The highest BCUT2D eigenvalue weighted by Gasteiger charge is 2.05. The highest BCUT2D eigenvalue weighted by molar-refractivity contribution is 7.80. The van der Waals surface area contributed by atoms with Crippen molar-refractivity contribution in [3.8, 4) is 0 Å². The summed E-state index contributed by atoms with van der Waals surface area (Å²) >= 11 is 4.83. The van der Waals surface area contributed by atoms with Gasteiger partial charge >= 0.3 is 0 Å². The van der Waals surface area contributed by atoms with Gasteiger partial charge in [0.1, 0.15) is 22.4 Å². The van der Waals surface area contributed by atoms with Gasteiger partial charge < -0.3 is 11.1 Å². The van der Waals surface area contributed by atoms with E-state index in [-0.39, 0.29) is 10.7 Å². The summed E-state index contributed by atoms with van der Waals surface area (Å²) in [5.41, 5.74) is 6.22. The first-order valence-corrected chi connectivity index (χ1v) is 5.45. The van der Waals surface area contributed by atoms with Gasteiger partial charge in [-0.2, -0.15) is 0 Å². The summed E-state index contributed by atoms with van der Waals surface area (Å²) in [6.45, 7) is 0. The molecule has 0 aliphatic rings. The van der Waals surface area contributed by atoms with E-state index < -0.39 is 11.6 Å². The average molecular weight is 265 g/mol. The molecule has 0 fully saturated rings. The number of nitrogens with two attached hydrogens (primary N) is 1. The van der Waals surface area contributed by atoms with Gasteiger partial charge in [-0.05, 0) is 24.3 Å². The van der Waals surface area contributed by atoms with Crippen LogP contribution in [0, 0.1) is 11.6 Å². The smallest absolute Gasteiger partial charge is 0.149 e. The number of pyridine rings is 1. The molecule has 0 bridgehead atoms. The van der Waals surface area contributed by atoms with Crippen LogP contribution in [0.1, 0.15) is 5.56 Å². The van der Waals surface area contributed by atoms with Gasteiger partial charge in [0, 0.05) is 17.8 Å².